The number of nitrogens with two attached hydrogens (primary N) is 1. The van der Waals surface area contributed by atoms with Crippen LogP contribution in [0.25, 0.3) is 0 Å². The molecule has 0 saturated heterocycles. The molecule has 1 aromatic heterocycles. The highest BCUT2D eigenvalue weighted by Gasteiger charge is 2.12. The standard InChI is InChI=1S/C18H26N4O2/c1-24-16(13-19)12-18(23)21-14-17-20-9-11-22(17)10-5-8-15-6-3-2-4-7-15/h2-4,6-7,9,11,16H,5,8,10,12-14,19H2,1H3,(H,21,23). The van der Waals surface area contributed by atoms with E-state index in [0.717, 1.165) is 25.2 Å². The molecule has 1 aromatic carbocycles. The summed E-state index contributed by atoms with van der Waals surface area (Å²) in [6.45, 7) is 1.62. The SMILES string of the molecule is COC(CN)CC(=O)NCc1nccn1CCCc1ccccc1. The molecular weight excluding hydrogens is 304 g/mol. The minimum Gasteiger partial charge on any atom is -0.380 e. The zero-order valence-electron chi connectivity index (χ0n) is 14.1. The van der Waals surface area contributed by atoms with Gasteiger partial charge in [-0.15, -0.1) is 0 Å². The average molecular weight is 330 g/mol. The fourth-order valence-corrected chi connectivity index (χ4v) is 2.53. The van der Waals surface area contributed by atoms with E-state index in [4.69, 9.17) is 10.5 Å². The number of rotatable bonds is 10. The number of methoxy groups -OCH3 is 1. The third-order valence-electron chi connectivity index (χ3n) is 3.96. The van der Waals surface area contributed by atoms with Gasteiger partial charge in [0, 0.05) is 32.6 Å². The van der Waals surface area contributed by atoms with Gasteiger partial charge in [-0.2, -0.15) is 0 Å². The van der Waals surface area contributed by atoms with E-state index < -0.39 is 0 Å². The molecule has 6 nitrogen and oxygen atoms in total. The summed E-state index contributed by atoms with van der Waals surface area (Å²) in [6.07, 6.45) is 5.79. The fourth-order valence-electron chi connectivity index (χ4n) is 2.53. The largest absolute Gasteiger partial charge is 0.380 e. The van der Waals surface area contributed by atoms with Gasteiger partial charge in [0.2, 0.25) is 5.91 Å². The summed E-state index contributed by atoms with van der Waals surface area (Å²) < 4.78 is 7.20. The highest BCUT2D eigenvalue weighted by molar-refractivity contribution is 5.76. The second kappa shape index (κ2) is 9.85. The van der Waals surface area contributed by atoms with Crippen molar-refractivity contribution < 1.29 is 9.53 Å². The van der Waals surface area contributed by atoms with Crippen LogP contribution in [0.4, 0.5) is 0 Å². The van der Waals surface area contributed by atoms with Crippen LogP contribution in [0, 0.1) is 0 Å². The number of hydrogen-bond donors (Lipinski definition) is 2. The molecule has 0 aliphatic rings. The number of carbonyl (C=O) groups excluding carboxylic acids is 1. The van der Waals surface area contributed by atoms with Crippen molar-refractivity contribution in [2.45, 2.75) is 38.5 Å². The predicted octanol–water partition coefficient (Wildman–Crippen LogP) is 1.50. The summed E-state index contributed by atoms with van der Waals surface area (Å²) in [5, 5.41) is 2.87. The van der Waals surface area contributed by atoms with Gasteiger partial charge in [-0.3, -0.25) is 4.79 Å². The molecule has 1 heterocycles. The topological polar surface area (TPSA) is 82.2 Å². The third kappa shape index (κ3) is 5.79. The van der Waals surface area contributed by atoms with Gasteiger partial charge in [-0.05, 0) is 18.4 Å². The quantitative estimate of drug-likeness (QED) is 0.691. The van der Waals surface area contributed by atoms with Gasteiger partial charge in [-0.25, -0.2) is 4.98 Å². The molecule has 0 spiro atoms. The Hall–Kier alpha value is -2.18. The molecule has 0 radical (unpaired) electrons. The molecule has 0 bridgehead atoms. The number of benzene rings is 1. The van der Waals surface area contributed by atoms with Crippen LogP contribution in [0.1, 0.15) is 24.2 Å². The van der Waals surface area contributed by atoms with E-state index in [9.17, 15) is 4.79 Å². The van der Waals surface area contributed by atoms with Crippen molar-refractivity contribution >= 4 is 5.91 Å². The summed E-state index contributed by atoms with van der Waals surface area (Å²) in [5.41, 5.74) is 6.86. The van der Waals surface area contributed by atoms with Gasteiger partial charge in [0.25, 0.3) is 0 Å². The summed E-state index contributed by atoms with van der Waals surface area (Å²) in [7, 11) is 1.56. The lowest BCUT2D eigenvalue weighted by Crippen LogP contribution is -2.32. The molecule has 2 rings (SSSR count). The monoisotopic (exact) mass is 330 g/mol. The molecule has 1 unspecified atom stereocenters. The van der Waals surface area contributed by atoms with E-state index >= 15 is 0 Å². The Kier molecular flexibility index (Phi) is 7.45. The number of nitrogens with zero attached hydrogens (tertiary/aromatic N) is 2. The van der Waals surface area contributed by atoms with Crippen molar-refractivity contribution in [1.29, 1.82) is 0 Å². The number of hydrogen-bond acceptors (Lipinski definition) is 4. The number of ether oxygens (including phenoxy) is 1. The first kappa shape index (κ1) is 18.2. The predicted molar refractivity (Wildman–Crippen MR) is 93.3 cm³/mol. The number of imidazole rings is 1. The Bertz CT molecular complexity index is 608. The van der Waals surface area contributed by atoms with Crippen LogP contribution in [-0.4, -0.2) is 35.2 Å². The number of carbonyl (C=O) groups is 1. The van der Waals surface area contributed by atoms with Gasteiger partial charge < -0.3 is 20.4 Å². The van der Waals surface area contributed by atoms with Gasteiger partial charge in [0.15, 0.2) is 0 Å². The molecule has 130 valence electrons. The lowest BCUT2D eigenvalue weighted by molar-refractivity contribution is -0.123. The molecule has 0 saturated carbocycles. The van der Waals surface area contributed by atoms with E-state index in [2.05, 4.69) is 39.1 Å². The van der Waals surface area contributed by atoms with Gasteiger partial charge in [0.05, 0.1) is 19.1 Å². The highest BCUT2D eigenvalue weighted by atomic mass is 16.5. The van der Waals surface area contributed by atoms with Crippen molar-refractivity contribution in [3.63, 3.8) is 0 Å². The lowest BCUT2D eigenvalue weighted by Gasteiger charge is -2.13. The van der Waals surface area contributed by atoms with Crippen LogP contribution >= 0.6 is 0 Å². The first-order valence-corrected chi connectivity index (χ1v) is 8.26. The summed E-state index contributed by atoms with van der Waals surface area (Å²) in [5.74, 6) is 0.782. The second-order valence-corrected chi connectivity index (χ2v) is 5.70. The van der Waals surface area contributed by atoms with Gasteiger partial charge >= 0.3 is 0 Å². The Morgan fingerprint density at radius 2 is 2.17 bits per heavy atom. The molecular formula is C18H26N4O2. The first-order valence-electron chi connectivity index (χ1n) is 8.26. The van der Waals surface area contributed by atoms with Crippen molar-refractivity contribution in [3.05, 3.63) is 54.1 Å². The van der Waals surface area contributed by atoms with Gasteiger partial charge in [-0.1, -0.05) is 30.3 Å². The molecule has 24 heavy (non-hydrogen) atoms. The Morgan fingerprint density at radius 1 is 1.38 bits per heavy atom. The smallest absolute Gasteiger partial charge is 0.223 e. The second-order valence-electron chi connectivity index (χ2n) is 5.70. The molecule has 0 aliphatic heterocycles. The summed E-state index contributed by atoms with van der Waals surface area (Å²) >= 11 is 0. The Balaban J connectivity index is 1.77. The number of nitrogens with one attached hydrogen (secondary N) is 1. The highest BCUT2D eigenvalue weighted by Crippen LogP contribution is 2.06. The first-order chi connectivity index (χ1) is 11.7. The van der Waals surface area contributed by atoms with E-state index in [-0.39, 0.29) is 18.4 Å². The molecule has 0 fully saturated rings. The van der Waals surface area contributed by atoms with Crippen molar-refractivity contribution in [1.82, 2.24) is 14.9 Å². The van der Waals surface area contributed by atoms with E-state index in [1.54, 1.807) is 13.3 Å². The number of amides is 1. The maximum atomic E-state index is 11.9. The Labute approximate surface area is 143 Å². The molecule has 1 amide bonds. The summed E-state index contributed by atoms with van der Waals surface area (Å²) in [4.78, 5) is 16.2. The fraction of sp³-hybridized carbons (Fsp3) is 0.444. The molecule has 1 atom stereocenters. The normalized spacial score (nSPS) is 12.1. The molecule has 0 aliphatic carbocycles. The zero-order chi connectivity index (χ0) is 17.2. The van der Waals surface area contributed by atoms with Crippen LogP contribution in [0.2, 0.25) is 0 Å². The van der Waals surface area contributed by atoms with E-state index in [1.807, 2.05) is 12.3 Å². The average Bonchev–Trinajstić information content (AvgIpc) is 3.06. The van der Waals surface area contributed by atoms with Crippen molar-refractivity contribution in [2.75, 3.05) is 13.7 Å². The van der Waals surface area contributed by atoms with Crippen molar-refractivity contribution in [2.24, 2.45) is 5.73 Å². The minimum atomic E-state index is -0.240. The Morgan fingerprint density at radius 3 is 2.88 bits per heavy atom. The van der Waals surface area contributed by atoms with Gasteiger partial charge in [0.1, 0.15) is 5.82 Å². The maximum absolute atomic E-state index is 11.9. The van der Waals surface area contributed by atoms with E-state index in [0.29, 0.717) is 13.1 Å². The zero-order valence-corrected chi connectivity index (χ0v) is 14.1. The molecule has 6 heteroatoms. The van der Waals surface area contributed by atoms with Crippen LogP contribution in [0.3, 0.4) is 0 Å². The van der Waals surface area contributed by atoms with Crippen LogP contribution in [0.15, 0.2) is 42.7 Å². The molecule has 2 aromatic rings. The lowest BCUT2D eigenvalue weighted by atomic mass is 10.1. The number of aromatic nitrogens is 2. The van der Waals surface area contributed by atoms with Crippen molar-refractivity contribution in [3.8, 4) is 0 Å². The van der Waals surface area contributed by atoms with E-state index in [1.165, 1.54) is 5.56 Å². The van der Waals surface area contributed by atoms with Crippen LogP contribution in [-0.2, 0) is 29.0 Å². The van der Waals surface area contributed by atoms with Crippen LogP contribution in [0.5, 0.6) is 0 Å². The van der Waals surface area contributed by atoms with Crippen LogP contribution < -0.4 is 11.1 Å². The summed E-state index contributed by atoms with van der Waals surface area (Å²) in [6, 6.07) is 10.4. The maximum Gasteiger partial charge on any atom is 0.223 e. The minimum absolute atomic E-state index is 0.0777. The molecule has 3 N–H and O–H groups in total. The third-order valence-corrected chi connectivity index (χ3v) is 3.96. The number of aryl methyl sites for hydroxylation is 2.